The first-order valence-electron chi connectivity index (χ1n) is 6.35. The first-order valence-corrected chi connectivity index (χ1v) is 6.73. The molecule has 0 saturated carbocycles. The Labute approximate surface area is 123 Å². The third-order valence-corrected chi connectivity index (χ3v) is 4.35. The Morgan fingerprint density at radius 3 is 2.15 bits per heavy atom. The van der Waals surface area contributed by atoms with E-state index in [9.17, 15) is 10.1 Å². The number of rotatable bonds is 2. The van der Waals surface area contributed by atoms with Crippen molar-refractivity contribution < 1.29 is 14.2 Å². The van der Waals surface area contributed by atoms with Gasteiger partial charge in [0.1, 0.15) is 0 Å². The average Bonchev–Trinajstić information content (AvgIpc) is 2.47. The van der Waals surface area contributed by atoms with Crippen LogP contribution in [0.3, 0.4) is 0 Å². The molecule has 108 valence electrons. The zero-order chi connectivity index (χ0) is 15.3. The molecule has 7 heteroatoms. The van der Waals surface area contributed by atoms with E-state index in [4.69, 9.17) is 20.9 Å². The number of hydrogen-bond donors (Lipinski definition) is 0. The predicted molar refractivity (Wildman–Crippen MR) is 78.6 cm³/mol. The molecule has 2 rings (SSSR count). The van der Waals surface area contributed by atoms with Gasteiger partial charge in [0, 0.05) is 22.1 Å². The molecule has 1 aliphatic heterocycles. The summed E-state index contributed by atoms with van der Waals surface area (Å²) in [5.41, 5.74) is -0.0107. The molecule has 1 aliphatic rings. The highest BCUT2D eigenvalue weighted by molar-refractivity contribution is 6.65. The highest BCUT2D eigenvalue weighted by Crippen LogP contribution is 2.37. The molecule has 0 aliphatic carbocycles. The number of halogens is 1. The summed E-state index contributed by atoms with van der Waals surface area (Å²) < 4.78 is 11.8. The fourth-order valence-corrected chi connectivity index (χ4v) is 2.33. The molecule has 20 heavy (non-hydrogen) atoms. The molecule has 0 atom stereocenters. The van der Waals surface area contributed by atoms with Gasteiger partial charge in [0.05, 0.1) is 16.1 Å². The molecule has 0 unspecified atom stereocenters. The van der Waals surface area contributed by atoms with Crippen LogP contribution in [-0.2, 0) is 9.31 Å². The van der Waals surface area contributed by atoms with Crippen molar-refractivity contribution in [3.8, 4) is 0 Å². The number of nitro groups is 1. The molecule has 1 saturated heterocycles. The molecule has 1 aromatic rings. The van der Waals surface area contributed by atoms with Crippen molar-refractivity contribution in [1.82, 2.24) is 0 Å². The largest absolute Gasteiger partial charge is 0.496 e. The zero-order valence-electron chi connectivity index (χ0n) is 12.2. The Hall–Kier alpha value is -1.11. The SMILES string of the molecule is Cc1cc(Cl)c(B2OC(C)(C)C(C)(C)O2)cc1[N+](=O)[O-]. The first kappa shape index (κ1) is 15.3. The van der Waals surface area contributed by atoms with Gasteiger partial charge in [0.15, 0.2) is 0 Å². The molecule has 0 bridgehead atoms. The molecule has 0 spiro atoms. The second-order valence-electron chi connectivity index (χ2n) is 6.01. The molecule has 0 aromatic heterocycles. The maximum absolute atomic E-state index is 11.0. The van der Waals surface area contributed by atoms with Gasteiger partial charge in [-0.3, -0.25) is 10.1 Å². The monoisotopic (exact) mass is 297 g/mol. The Balaban J connectivity index is 2.45. The Morgan fingerprint density at radius 1 is 1.20 bits per heavy atom. The molecule has 0 N–H and O–H groups in total. The van der Waals surface area contributed by atoms with Crippen molar-refractivity contribution in [3.05, 3.63) is 32.8 Å². The first-order chi connectivity index (χ1) is 9.05. The van der Waals surface area contributed by atoms with E-state index in [2.05, 4.69) is 0 Å². The molecular formula is C13H17BClNO4. The molecule has 0 radical (unpaired) electrons. The summed E-state index contributed by atoms with van der Waals surface area (Å²) in [6.07, 6.45) is 0. The summed E-state index contributed by atoms with van der Waals surface area (Å²) in [7, 11) is -0.702. The number of nitro benzene ring substituents is 1. The van der Waals surface area contributed by atoms with E-state index < -0.39 is 23.2 Å². The van der Waals surface area contributed by atoms with Crippen LogP contribution in [0, 0.1) is 17.0 Å². The summed E-state index contributed by atoms with van der Waals surface area (Å²) in [5.74, 6) is 0. The van der Waals surface area contributed by atoms with Crippen LogP contribution in [0.15, 0.2) is 12.1 Å². The maximum Gasteiger partial charge on any atom is 0.496 e. The Kier molecular flexibility index (Phi) is 3.61. The van der Waals surface area contributed by atoms with E-state index in [1.165, 1.54) is 6.07 Å². The Bertz CT molecular complexity index is 558. The second kappa shape index (κ2) is 4.72. The molecule has 1 heterocycles. The van der Waals surface area contributed by atoms with Crippen LogP contribution in [0.2, 0.25) is 5.02 Å². The van der Waals surface area contributed by atoms with Crippen molar-refractivity contribution in [2.75, 3.05) is 0 Å². The fourth-order valence-electron chi connectivity index (χ4n) is 2.02. The van der Waals surface area contributed by atoms with Gasteiger partial charge in [0.25, 0.3) is 5.69 Å². The van der Waals surface area contributed by atoms with E-state index in [-0.39, 0.29) is 5.69 Å². The summed E-state index contributed by atoms with van der Waals surface area (Å²) in [5, 5.41) is 11.4. The van der Waals surface area contributed by atoms with Gasteiger partial charge < -0.3 is 9.31 Å². The van der Waals surface area contributed by atoms with Crippen molar-refractivity contribution >= 4 is 29.9 Å². The van der Waals surface area contributed by atoms with Crippen LogP contribution >= 0.6 is 11.6 Å². The van der Waals surface area contributed by atoms with Crippen LogP contribution in [0.5, 0.6) is 0 Å². The van der Waals surface area contributed by atoms with Gasteiger partial charge in [-0.1, -0.05) is 11.6 Å². The van der Waals surface area contributed by atoms with Gasteiger partial charge in [-0.2, -0.15) is 0 Å². The third-order valence-electron chi connectivity index (χ3n) is 4.02. The average molecular weight is 298 g/mol. The van der Waals surface area contributed by atoms with Crippen LogP contribution in [0.25, 0.3) is 0 Å². The number of aryl methyl sites for hydroxylation is 1. The smallest absolute Gasteiger partial charge is 0.399 e. The summed E-state index contributed by atoms with van der Waals surface area (Å²) in [4.78, 5) is 10.6. The van der Waals surface area contributed by atoms with E-state index in [0.29, 0.717) is 16.0 Å². The maximum atomic E-state index is 11.0. The van der Waals surface area contributed by atoms with Gasteiger partial charge >= 0.3 is 7.12 Å². The summed E-state index contributed by atoms with van der Waals surface area (Å²) >= 11 is 6.19. The van der Waals surface area contributed by atoms with Crippen molar-refractivity contribution in [2.24, 2.45) is 0 Å². The van der Waals surface area contributed by atoms with Crippen LogP contribution < -0.4 is 5.46 Å². The van der Waals surface area contributed by atoms with Crippen molar-refractivity contribution in [1.29, 1.82) is 0 Å². The van der Waals surface area contributed by atoms with Crippen LogP contribution in [0.4, 0.5) is 5.69 Å². The van der Waals surface area contributed by atoms with Gasteiger partial charge in [0.2, 0.25) is 0 Å². The number of nitrogens with zero attached hydrogens (tertiary/aromatic N) is 1. The number of benzene rings is 1. The lowest BCUT2D eigenvalue weighted by Crippen LogP contribution is -2.41. The van der Waals surface area contributed by atoms with E-state index in [1.807, 2.05) is 27.7 Å². The highest BCUT2D eigenvalue weighted by Gasteiger charge is 2.52. The lowest BCUT2D eigenvalue weighted by atomic mass is 9.78. The standard InChI is InChI=1S/C13H17BClNO4/c1-8-6-10(15)9(7-11(8)16(17)18)14-19-12(2,3)13(4,5)20-14/h6-7H,1-5H3. The highest BCUT2D eigenvalue weighted by atomic mass is 35.5. The summed E-state index contributed by atoms with van der Waals surface area (Å²) in [6, 6.07) is 3.00. The van der Waals surface area contributed by atoms with Crippen LogP contribution in [0.1, 0.15) is 33.3 Å². The molecule has 1 aromatic carbocycles. The predicted octanol–water partition coefficient (Wildman–Crippen LogP) is 2.86. The zero-order valence-corrected chi connectivity index (χ0v) is 12.9. The minimum Gasteiger partial charge on any atom is -0.399 e. The van der Waals surface area contributed by atoms with Gasteiger partial charge in [-0.15, -0.1) is 0 Å². The Morgan fingerprint density at radius 2 is 1.70 bits per heavy atom. The quantitative estimate of drug-likeness (QED) is 0.478. The van der Waals surface area contributed by atoms with E-state index >= 15 is 0 Å². The molecule has 0 amide bonds. The van der Waals surface area contributed by atoms with Crippen LogP contribution in [-0.4, -0.2) is 23.2 Å². The van der Waals surface area contributed by atoms with Gasteiger partial charge in [-0.25, -0.2) is 0 Å². The fraction of sp³-hybridized carbons (Fsp3) is 0.538. The molecular weight excluding hydrogens is 280 g/mol. The van der Waals surface area contributed by atoms with E-state index in [1.54, 1.807) is 13.0 Å². The van der Waals surface area contributed by atoms with Crippen molar-refractivity contribution in [3.63, 3.8) is 0 Å². The normalized spacial score (nSPS) is 20.2. The second-order valence-corrected chi connectivity index (χ2v) is 6.41. The van der Waals surface area contributed by atoms with E-state index in [0.717, 1.165) is 0 Å². The van der Waals surface area contributed by atoms with Gasteiger partial charge in [-0.05, 0) is 40.7 Å². The minimum atomic E-state index is -0.702. The molecule has 1 fully saturated rings. The topological polar surface area (TPSA) is 61.6 Å². The lowest BCUT2D eigenvalue weighted by Gasteiger charge is -2.32. The third kappa shape index (κ3) is 2.43. The van der Waals surface area contributed by atoms with Crippen molar-refractivity contribution in [2.45, 2.75) is 45.8 Å². The summed E-state index contributed by atoms with van der Waals surface area (Å²) in [6.45, 7) is 9.33. The minimum absolute atomic E-state index is 0.0131. The molecule has 5 nitrogen and oxygen atoms in total. The number of hydrogen-bond acceptors (Lipinski definition) is 4. The lowest BCUT2D eigenvalue weighted by molar-refractivity contribution is -0.385.